The lowest BCUT2D eigenvalue weighted by Gasteiger charge is -2.18. The Balaban J connectivity index is 1.18. The second kappa shape index (κ2) is 13.4. The van der Waals surface area contributed by atoms with Gasteiger partial charge in [0.05, 0.1) is 16.9 Å². The number of rotatable bonds is 6. The van der Waals surface area contributed by atoms with Gasteiger partial charge in [0.15, 0.2) is 5.82 Å². The van der Waals surface area contributed by atoms with Gasteiger partial charge in [0, 0.05) is 40.7 Å². The Hall–Kier alpha value is -7.30. The van der Waals surface area contributed by atoms with E-state index < -0.39 is 0 Å². The molecule has 0 N–H and O–H groups in total. The van der Waals surface area contributed by atoms with Crippen LogP contribution in [0.5, 0.6) is 0 Å². The standard InChI is InChI=1S/C50H32N4/c1-2-12-34(13-3-1)48-41-19-5-7-21-43(41)49(44-22-8-6-20-42(44)48)38-17-11-16-37(29-38)46-31-47(40-30-36-14-4-9-23-45(36)52-32-40)54-50(53-46)39-18-10-15-35(28-39)33-24-26-51-27-25-33/h1-32H. The van der Waals surface area contributed by atoms with E-state index >= 15 is 0 Å². The molecule has 0 unspecified atom stereocenters. The zero-order valence-electron chi connectivity index (χ0n) is 29.3. The van der Waals surface area contributed by atoms with E-state index in [2.05, 4.69) is 151 Å². The summed E-state index contributed by atoms with van der Waals surface area (Å²) in [6.07, 6.45) is 5.55. The fourth-order valence-electron chi connectivity index (χ4n) is 7.65. The number of nitrogens with zero attached hydrogens (tertiary/aromatic N) is 4. The predicted molar refractivity (Wildman–Crippen MR) is 223 cm³/mol. The third-order valence-electron chi connectivity index (χ3n) is 10.2. The summed E-state index contributed by atoms with van der Waals surface area (Å²) in [4.78, 5) is 19.4. The van der Waals surface area contributed by atoms with Gasteiger partial charge in [0.2, 0.25) is 0 Å². The monoisotopic (exact) mass is 688 g/mol. The number of hydrogen-bond donors (Lipinski definition) is 0. The van der Waals surface area contributed by atoms with Crippen LogP contribution in [0, 0.1) is 0 Å². The summed E-state index contributed by atoms with van der Waals surface area (Å²) in [5.41, 5.74) is 12.5. The van der Waals surface area contributed by atoms with Crippen molar-refractivity contribution < 1.29 is 0 Å². The lowest BCUT2D eigenvalue weighted by molar-refractivity contribution is 1.18. The quantitative estimate of drug-likeness (QED) is 0.163. The van der Waals surface area contributed by atoms with E-state index in [0.717, 1.165) is 55.7 Å². The lowest BCUT2D eigenvalue weighted by atomic mass is 9.85. The molecule has 10 aromatic rings. The van der Waals surface area contributed by atoms with Crippen molar-refractivity contribution >= 4 is 32.4 Å². The number of para-hydroxylation sites is 1. The summed E-state index contributed by atoms with van der Waals surface area (Å²) in [6, 6.07) is 61.9. The van der Waals surface area contributed by atoms with E-state index in [1.54, 1.807) is 0 Å². The van der Waals surface area contributed by atoms with Crippen molar-refractivity contribution in [3.05, 3.63) is 195 Å². The number of hydrogen-bond acceptors (Lipinski definition) is 4. The van der Waals surface area contributed by atoms with Crippen molar-refractivity contribution in [1.82, 2.24) is 19.9 Å². The Kier molecular flexibility index (Phi) is 7.77. The molecule has 0 fully saturated rings. The molecule has 10 rings (SSSR count). The fourth-order valence-corrected chi connectivity index (χ4v) is 7.65. The van der Waals surface area contributed by atoms with Crippen LogP contribution in [0.15, 0.2) is 195 Å². The summed E-state index contributed by atoms with van der Waals surface area (Å²) < 4.78 is 0. The van der Waals surface area contributed by atoms with Gasteiger partial charge < -0.3 is 0 Å². The molecule has 4 heteroatoms. The molecule has 0 bridgehead atoms. The molecular weight excluding hydrogens is 657 g/mol. The van der Waals surface area contributed by atoms with Crippen LogP contribution in [-0.4, -0.2) is 19.9 Å². The average molecular weight is 689 g/mol. The van der Waals surface area contributed by atoms with Crippen LogP contribution in [0.25, 0.3) is 99.7 Å². The van der Waals surface area contributed by atoms with Crippen molar-refractivity contribution in [2.75, 3.05) is 0 Å². The maximum atomic E-state index is 5.27. The number of aromatic nitrogens is 4. The number of benzene rings is 7. The molecule has 0 atom stereocenters. The van der Waals surface area contributed by atoms with E-state index in [4.69, 9.17) is 15.0 Å². The van der Waals surface area contributed by atoms with Crippen molar-refractivity contribution in [3.8, 4) is 67.3 Å². The molecule has 3 aromatic heterocycles. The molecule has 7 aromatic carbocycles. The molecule has 0 saturated heterocycles. The van der Waals surface area contributed by atoms with Crippen LogP contribution in [0.4, 0.5) is 0 Å². The third-order valence-corrected chi connectivity index (χ3v) is 10.2. The number of pyridine rings is 2. The van der Waals surface area contributed by atoms with E-state index in [9.17, 15) is 0 Å². The van der Waals surface area contributed by atoms with Crippen LogP contribution >= 0.6 is 0 Å². The molecule has 0 aliphatic heterocycles. The average Bonchev–Trinajstić information content (AvgIpc) is 3.26. The normalized spacial score (nSPS) is 11.3. The fraction of sp³-hybridized carbons (Fsp3) is 0. The summed E-state index contributed by atoms with van der Waals surface area (Å²) in [5, 5.41) is 5.95. The summed E-state index contributed by atoms with van der Waals surface area (Å²) in [6.45, 7) is 0. The molecule has 4 nitrogen and oxygen atoms in total. The van der Waals surface area contributed by atoms with Crippen LogP contribution in [-0.2, 0) is 0 Å². The molecular formula is C50H32N4. The first-order valence-corrected chi connectivity index (χ1v) is 18.1. The van der Waals surface area contributed by atoms with Crippen molar-refractivity contribution in [2.24, 2.45) is 0 Å². The summed E-state index contributed by atoms with van der Waals surface area (Å²) in [5.74, 6) is 0.653. The minimum atomic E-state index is 0.653. The first-order chi connectivity index (χ1) is 26.8. The molecule has 0 radical (unpaired) electrons. The van der Waals surface area contributed by atoms with Crippen LogP contribution < -0.4 is 0 Å². The molecule has 0 saturated carbocycles. The highest BCUT2D eigenvalue weighted by molar-refractivity contribution is 6.21. The Morgan fingerprint density at radius 1 is 0.333 bits per heavy atom. The summed E-state index contributed by atoms with van der Waals surface area (Å²) >= 11 is 0. The minimum absolute atomic E-state index is 0.653. The Morgan fingerprint density at radius 3 is 1.59 bits per heavy atom. The molecule has 252 valence electrons. The highest BCUT2D eigenvalue weighted by atomic mass is 14.9. The highest BCUT2D eigenvalue weighted by Crippen LogP contribution is 2.44. The SMILES string of the molecule is c1ccc(-c2c3ccccc3c(-c3cccc(-c4cc(-c5cnc6ccccc6c5)nc(-c5cccc(-c6ccncc6)c5)n4)c3)c3ccccc23)cc1. The van der Waals surface area contributed by atoms with Crippen molar-refractivity contribution in [1.29, 1.82) is 0 Å². The second-order valence-corrected chi connectivity index (χ2v) is 13.5. The van der Waals surface area contributed by atoms with Gasteiger partial charge in [-0.1, -0.05) is 133 Å². The van der Waals surface area contributed by atoms with E-state index in [1.165, 1.54) is 38.2 Å². The van der Waals surface area contributed by atoms with Crippen LogP contribution in [0.2, 0.25) is 0 Å². The Morgan fingerprint density at radius 2 is 0.870 bits per heavy atom. The van der Waals surface area contributed by atoms with Crippen molar-refractivity contribution in [2.45, 2.75) is 0 Å². The van der Waals surface area contributed by atoms with Crippen LogP contribution in [0.1, 0.15) is 0 Å². The lowest BCUT2D eigenvalue weighted by Crippen LogP contribution is -1.97. The zero-order chi connectivity index (χ0) is 35.8. The highest BCUT2D eigenvalue weighted by Gasteiger charge is 2.18. The molecule has 0 aliphatic carbocycles. The molecule has 0 amide bonds. The van der Waals surface area contributed by atoms with Gasteiger partial charge >= 0.3 is 0 Å². The first-order valence-electron chi connectivity index (χ1n) is 18.1. The smallest absolute Gasteiger partial charge is 0.160 e. The van der Waals surface area contributed by atoms with E-state index in [1.807, 2.05) is 48.9 Å². The Labute approximate surface area is 313 Å². The molecule has 54 heavy (non-hydrogen) atoms. The molecule has 0 aliphatic rings. The van der Waals surface area contributed by atoms with E-state index in [0.29, 0.717) is 5.82 Å². The second-order valence-electron chi connectivity index (χ2n) is 13.5. The van der Waals surface area contributed by atoms with Gasteiger partial charge in [0.25, 0.3) is 0 Å². The minimum Gasteiger partial charge on any atom is -0.265 e. The maximum Gasteiger partial charge on any atom is 0.160 e. The largest absolute Gasteiger partial charge is 0.265 e. The zero-order valence-corrected chi connectivity index (χ0v) is 29.3. The maximum absolute atomic E-state index is 5.27. The van der Waals surface area contributed by atoms with Gasteiger partial charge in [-0.2, -0.15) is 0 Å². The molecule has 0 spiro atoms. The topological polar surface area (TPSA) is 51.6 Å². The van der Waals surface area contributed by atoms with Gasteiger partial charge in [0.1, 0.15) is 0 Å². The van der Waals surface area contributed by atoms with Crippen molar-refractivity contribution in [3.63, 3.8) is 0 Å². The molecule has 3 heterocycles. The van der Waals surface area contributed by atoms with Gasteiger partial charge in [-0.15, -0.1) is 0 Å². The van der Waals surface area contributed by atoms with Gasteiger partial charge in [-0.05, 0) is 97.4 Å². The number of fused-ring (bicyclic) bond motifs is 3. The first kappa shape index (κ1) is 31.4. The van der Waals surface area contributed by atoms with Gasteiger partial charge in [-0.3, -0.25) is 9.97 Å². The Bertz CT molecular complexity index is 2940. The van der Waals surface area contributed by atoms with Gasteiger partial charge in [-0.25, -0.2) is 9.97 Å². The van der Waals surface area contributed by atoms with Crippen LogP contribution in [0.3, 0.4) is 0 Å². The summed E-state index contributed by atoms with van der Waals surface area (Å²) in [7, 11) is 0. The predicted octanol–water partition coefficient (Wildman–Crippen LogP) is 12.7. The third kappa shape index (κ3) is 5.67. The van der Waals surface area contributed by atoms with E-state index in [-0.39, 0.29) is 0 Å².